The third kappa shape index (κ3) is 4.61. The van der Waals surface area contributed by atoms with Crippen molar-refractivity contribution >= 4 is 11.8 Å². The summed E-state index contributed by atoms with van der Waals surface area (Å²) >= 11 is 0. The van der Waals surface area contributed by atoms with Crippen LogP contribution in [-0.2, 0) is 21.4 Å². The fourth-order valence-corrected chi connectivity index (χ4v) is 4.22. The number of hydrogen-bond donors (Lipinski definition) is 3. The van der Waals surface area contributed by atoms with Crippen molar-refractivity contribution in [3.8, 4) is 5.75 Å². The van der Waals surface area contributed by atoms with Gasteiger partial charge in [0.25, 0.3) is 0 Å². The highest BCUT2D eigenvalue weighted by atomic mass is 16.3. The van der Waals surface area contributed by atoms with Gasteiger partial charge in [0.05, 0.1) is 12.5 Å². The number of nitrogens with one attached hydrogen (secondary N) is 2. The maximum atomic E-state index is 12.9. The van der Waals surface area contributed by atoms with Gasteiger partial charge in [0, 0.05) is 12.0 Å². The molecule has 1 unspecified atom stereocenters. The van der Waals surface area contributed by atoms with Gasteiger partial charge in [-0.2, -0.15) is 0 Å². The lowest BCUT2D eigenvalue weighted by Gasteiger charge is -2.19. The summed E-state index contributed by atoms with van der Waals surface area (Å²) in [6.07, 6.45) is 1.39. The quantitative estimate of drug-likeness (QED) is 0.530. The molecular formula is C26H26N2O3. The molecule has 158 valence electrons. The summed E-state index contributed by atoms with van der Waals surface area (Å²) in [7, 11) is 0. The zero-order valence-electron chi connectivity index (χ0n) is 17.3. The third-order valence-electron chi connectivity index (χ3n) is 5.95. The summed E-state index contributed by atoms with van der Waals surface area (Å²) in [5.74, 6) is -0.279. The minimum Gasteiger partial charge on any atom is -0.508 e. The largest absolute Gasteiger partial charge is 0.508 e. The van der Waals surface area contributed by atoms with Crippen LogP contribution in [0.25, 0.3) is 0 Å². The third-order valence-corrected chi connectivity index (χ3v) is 5.95. The number of phenols is 1. The minimum atomic E-state index is -0.331. The number of carbonyl (C=O) groups is 2. The van der Waals surface area contributed by atoms with Crippen LogP contribution in [0.3, 0.4) is 0 Å². The molecule has 0 bridgehead atoms. The van der Waals surface area contributed by atoms with Crippen molar-refractivity contribution in [2.75, 3.05) is 13.1 Å². The molecule has 0 radical (unpaired) electrons. The van der Waals surface area contributed by atoms with Gasteiger partial charge < -0.3 is 15.7 Å². The molecule has 3 N–H and O–H groups in total. The second-order valence-electron chi connectivity index (χ2n) is 7.94. The standard InChI is InChI=1S/C26H26N2O3/c29-22-13-11-19(12-14-22)15-16-27-24(30)18-28-25(31)23-17-26(23,20-7-3-1-4-8-20)21-9-5-2-6-10-21/h1-14,23,29H,15-18H2,(H,27,30)(H,28,31). The molecular weight excluding hydrogens is 388 g/mol. The molecule has 4 rings (SSSR count). The van der Waals surface area contributed by atoms with E-state index in [9.17, 15) is 14.7 Å². The topological polar surface area (TPSA) is 78.4 Å². The monoisotopic (exact) mass is 414 g/mol. The first-order valence-electron chi connectivity index (χ1n) is 10.5. The summed E-state index contributed by atoms with van der Waals surface area (Å²) in [6, 6.07) is 27.1. The average Bonchev–Trinajstić information content (AvgIpc) is 3.57. The Hall–Kier alpha value is -3.60. The maximum Gasteiger partial charge on any atom is 0.239 e. The lowest BCUT2D eigenvalue weighted by Crippen LogP contribution is -2.39. The van der Waals surface area contributed by atoms with Crippen LogP contribution < -0.4 is 10.6 Å². The van der Waals surface area contributed by atoms with E-state index in [1.165, 1.54) is 0 Å². The summed E-state index contributed by atoms with van der Waals surface area (Å²) in [5, 5.41) is 15.0. The molecule has 0 saturated heterocycles. The minimum absolute atomic E-state index is 0.0371. The SMILES string of the molecule is O=C(CNC(=O)C1CC1(c1ccccc1)c1ccccc1)NCCc1ccc(O)cc1. The van der Waals surface area contributed by atoms with E-state index < -0.39 is 0 Å². The van der Waals surface area contributed by atoms with E-state index in [4.69, 9.17) is 0 Å². The molecule has 0 aliphatic heterocycles. The van der Waals surface area contributed by atoms with Crippen molar-refractivity contribution in [3.63, 3.8) is 0 Å². The summed E-state index contributed by atoms with van der Waals surface area (Å²) < 4.78 is 0. The first-order chi connectivity index (χ1) is 15.1. The predicted octanol–water partition coefficient (Wildman–Crippen LogP) is 3.17. The van der Waals surface area contributed by atoms with Gasteiger partial charge in [0.2, 0.25) is 11.8 Å². The number of hydrogen-bond acceptors (Lipinski definition) is 3. The van der Waals surface area contributed by atoms with Crippen LogP contribution in [0.1, 0.15) is 23.1 Å². The lowest BCUT2D eigenvalue weighted by atomic mass is 9.85. The molecule has 5 nitrogen and oxygen atoms in total. The number of carbonyl (C=O) groups excluding carboxylic acids is 2. The van der Waals surface area contributed by atoms with Crippen LogP contribution in [0.15, 0.2) is 84.9 Å². The van der Waals surface area contributed by atoms with Crippen molar-refractivity contribution in [2.24, 2.45) is 5.92 Å². The fourth-order valence-electron chi connectivity index (χ4n) is 4.22. The molecule has 2 amide bonds. The highest BCUT2D eigenvalue weighted by Gasteiger charge is 2.60. The van der Waals surface area contributed by atoms with Gasteiger partial charge in [0.1, 0.15) is 5.75 Å². The van der Waals surface area contributed by atoms with Crippen LogP contribution >= 0.6 is 0 Å². The molecule has 0 spiro atoms. The summed E-state index contributed by atoms with van der Waals surface area (Å²) in [4.78, 5) is 25.1. The second-order valence-corrected chi connectivity index (χ2v) is 7.94. The normalized spacial score (nSPS) is 16.3. The Morgan fingerprint density at radius 1 is 0.839 bits per heavy atom. The molecule has 1 fully saturated rings. The Morgan fingerprint density at radius 2 is 1.42 bits per heavy atom. The Morgan fingerprint density at radius 3 is 2.00 bits per heavy atom. The van der Waals surface area contributed by atoms with Gasteiger partial charge in [-0.05, 0) is 41.7 Å². The van der Waals surface area contributed by atoms with Gasteiger partial charge in [-0.3, -0.25) is 9.59 Å². The second kappa shape index (κ2) is 9.04. The van der Waals surface area contributed by atoms with E-state index in [0.717, 1.165) is 23.1 Å². The molecule has 31 heavy (non-hydrogen) atoms. The van der Waals surface area contributed by atoms with E-state index in [-0.39, 0.29) is 35.4 Å². The smallest absolute Gasteiger partial charge is 0.239 e. The lowest BCUT2D eigenvalue weighted by molar-refractivity contribution is -0.127. The zero-order valence-corrected chi connectivity index (χ0v) is 17.3. The Balaban J connectivity index is 1.32. The van der Waals surface area contributed by atoms with Gasteiger partial charge in [-0.1, -0.05) is 72.8 Å². The van der Waals surface area contributed by atoms with Crippen LogP contribution in [0, 0.1) is 5.92 Å². The van der Waals surface area contributed by atoms with Crippen molar-refractivity contribution < 1.29 is 14.7 Å². The van der Waals surface area contributed by atoms with Crippen LogP contribution in [-0.4, -0.2) is 30.0 Å². The number of benzene rings is 3. The molecule has 5 heteroatoms. The van der Waals surface area contributed by atoms with Gasteiger partial charge in [-0.15, -0.1) is 0 Å². The van der Waals surface area contributed by atoms with E-state index >= 15 is 0 Å². The number of rotatable bonds is 8. The van der Waals surface area contributed by atoms with Crippen molar-refractivity contribution in [1.29, 1.82) is 0 Å². The number of aromatic hydroxyl groups is 1. The molecule has 3 aromatic carbocycles. The van der Waals surface area contributed by atoms with Crippen molar-refractivity contribution in [1.82, 2.24) is 10.6 Å². The molecule has 0 aromatic heterocycles. The van der Waals surface area contributed by atoms with Crippen LogP contribution in [0.2, 0.25) is 0 Å². The fraction of sp³-hybridized carbons (Fsp3) is 0.231. The highest BCUT2D eigenvalue weighted by Crippen LogP contribution is 2.58. The molecule has 1 aliphatic rings. The first-order valence-corrected chi connectivity index (χ1v) is 10.5. The Bertz CT molecular complexity index is 994. The summed E-state index contributed by atoms with van der Waals surface area (Å²) in [6.45, 7) is 0.436. The molecule has 1 atom stereocenters. The number of phenolic OH excluding ortho intramolecular Hbond substituents is 1. The summed E-state index contributed by atoms with van der Waals surface area (Å²) in [5.41, 5.74) is 2.94. The van der Waals surface area contributed by atoms with Gasteiger partial charge in [-0.25, -0.2) is 0 Å². The average molecular weight is 415 g/mol. The van der Waals surface area contributed by atoms with Crippen molar-refractivity contribution in [3.05, 3.63) is 102 Å². The Kier molecular flexibility index (Phi) is 6.03. The molecule has 0 heterocycles. The van der Waals surface area contributed by atoms with E-state index in [0.29, 0.717) is 13.0 Å². The van der Waals surface area contributed by atoms with Gasteiger partial charge in [0.15, 0.2) is 0 Å². The first kappa shape index (κ1) is 20.7. The number of amides is 2. The zero-order chi connectivity index (χ0) is 21.7. The van der Waals surface area contributed by atoms with Crippen molar-refractivity contribution in [2.45, 2.75) is 18.3 Å². The van der Waals surface area contributed by atoms with Gasteiger partial charge >= 0.3 is 0 Å². The van der Waals surface area contributed by atoms with E-state index in [2.05, 4.69) is 34.9 Å². The van der Waals surface area contributed by atoms with E-state index in [1.807, 2.05) is 48.5 Å². The Labute approximate surface area is 182 Å². The maximum absolute atomic E-state index is 12.9. The molecule has 3 aromatic rings. The van der Waals surface area contributed by atoms with Crippen LogP contribution in [0.4, 0.5) is 0 Å². The van der Waals surface area contributed by atoms with E-state index in [1.54, 1.807) is 12.1 Å². The predicted molar refractivity (Wildman–Crippen MR) is 120 cm³/mol. The van der Waals surface area contributed by atoms with Crippen LogP contribution in [0.5, 0.6) is 5.75 Å². The highest BCUT2D eigenvalue weighted by molar-refractivity contribution is 5.89. The molecule has 1 saturated carbocycles. The molecule has 1 aliphatic carbocycles.